The van der Waals surface area contributed by atoms with E-state index in [4.69, 9.17) is 13.8 Å². The van der Waals surface area contributed by atoms with Gasteiger partial charge in [0.15, 0.2) is 0 Å². The first-order valence-corrected chi connectivity index (χ1v) is 22.8. The number of aliphatic hydroxyl groups excluding tert-OH is 1. The molecule has 3 N–H and O–H groups in total. The molecule has 0 rings (SSSR count). The standard InChI is InChI=1S/C44H78NO8P/c1-3-5-7-9-11-13-15-17-19-20-21-22-23-24-26-28-30-32-34-36-43(47)45-38-39-52-54(49,50)53-41-42(46)40-51-44(48)37-35-33-31-29-27-25-18-16-14-12-10-8-6-4-2/h5,7,11,13,17,19,21-22,24,26,42,46H,3-4,6,8-10,12,14-16,18,20,23,25,27-41H2,1-2H3,(H,45,47)(H,49,50)/b7-5-,13-11-,19-17-,22-21-,26-24-. The van der Waals surface area contributed by atoms with Crippen LogP contribution >= 0.6 is 7.82 Å². The van der Waals surface area contributed by atoms with Crippen molar-refractivity contribution in [1.29, 1.82) is 0 Å². The molecule has 54 heavy (non-hydrogen) atoms. The average molecular weight is 780 g/mol. The normalized spacial score (nSPS) is 13.9. The first kappa shape index (κ1) is 51.7. The number of phosphoric acid groups is 1. The van der Waals surface area contributed by atoms with Gasteiger partial charge in [0.25, 0.3) is 0 Å². The van der Waals surface area contributed by atoms with Gasteiger partial charge < -0.3 is 20.1 Å². The van der Waals surface area contributed by atoms with Crippen molar-refractivity contribution in [2.24, 2.45) is 0 Å². The van der Waals surface area contributed by atoms with Crippen LogP contribution in [-0.2, 0) is 27.9 Å². The summed E-state index contributed by atoms with van der Waals surface area (Å²) in [7, 11) is -4.43. The SMILES string of the molecule is CC/C=C\C/C=C\C/C=C\C/C=C\C/C=C\CCCCCC(=O)NCCOP(=O)(O)OCC(O)COC(=O)CCCCCCCCCCCCCCCC. The van der Waals surface area contributed by atoms with Gasteiger partial charge in [0, 0.05) is 19.4 Å². The zero-order valence-corrected chi connectivity index (χ0v) is 35.0. The van der Waals surface area contributed by atoms with E-state index in [1.165, 1.54) is 70.6 Å². The van der Waals surface area contributed by atoms with Gasteiger partial charge in [-0.15, -0.1) is 0 Å². The van der Waals surface area contributed by atoms with Crippen LogP contribution in [0.3, 0.4) is 0 Å². The van der Waals surface area contributed by atoms with E-state index < -0.39 is 26.5 Å². The molecule has 312 valence electrons. The molecule has 0 aliphatic heterocycles. The van der Waals surface area contributed by atoms with E-state index in [-0.39, 0.29) is 32.1 Å². The molecule has 2 atom stereocenters. The Morgan fingerprint density at radius 1 is 0.593 bits per heavy atom. The lowest BCUT2D eigenvalue weighted by atomic mass is 10.0. The van der Waals surface area contributed by atoms with Crippen LogP contribution in [0.4, 0.5) is 0 Å². The van der Waals surface area contributed by atoms with Crippen molar-refractivity contribution in [3.05, 3.63) is 60.8 Å². The molecule has 0 aliphatic carbocycles. The number of esters is 1. The number of nitrogens with one attached hydrogen (secondary N) is 1. The number of allylic oxidation sites excluding steroid dienone is 10. The Hall–Kier alpha value is -2.29. The van der Waals surface area contributed by atoms with Gasteiger partial charge in [0.2, 0.25) is 5.91 Å². The second-order valence-corrected chi connectivity index (χ2v) is 15.4. The number of rotatable bonds is 39. The number of amides is 1. The number of aliphatic hydroxyl groups is 1. The van der Waals surface area contributed by atoms with E-state index in [1.807, 2.05) is 0 Å². The van der Waals surface area contributed by atoms with Crippen LogP contribution in [0.1, 0.15) is 174 Å². The fraction of sp³-hybridized carbons (Fsp3) is 0.727. The van der Waals surface area contributed by atoms with Gasteiger partial charge >= 0.3 is 13.8 Å². The molecule has 0 radical (unpaired) electrons. The van der Waals surface area contributed by atoms with Crippen LogP contribution in [0.15, 0.2) is 60.8 Å². The maximum absolute atomic E-state index is 12.1. The molecule has 0 aliphatic rings. The number of hydrogen-bond acceptors (Lipinski definition) is 7. The Labute approximate surface area is 329 Å². The summed E-state index contributed by atoms with van der Waals surface area (Å²) < 4.78 is 26.8. The molecule has 0 saturated heterocycles. The zero-order valence-electron chi connectivity index (χ0n) is 34.1. The lowest BCUT2D eigenvalue weighted by molar-refractivity contribution is -0.147. The minimum Gasteiger partial charge on any atom is -0.463 e. The number of unbranched alkanes of at least 4 members (excludes halogenated alkanes) is 16. The van der Waals surface area contributed by atoms with Crippen LogP contribution in [-0.4, -0.2) is 54.3 Å². The highest BCUT2D eigenvalue weighted by molar-refractivity contribution is 7.47. The van der Waals surface area contributed by atoms with Crippen LogP contribution in [0.2, 0.25) is 0 Å². The topological polar surface area (TPSA) is 131 Å². The fourth-order valence-electron chi connectivity index (χ4n) is 5.52. The molecular formula is C44H78NO8P. The van der Waals surface area contributed by atoms with Crippen molar-refractivity contribution >= 4 is 19.7 Å². The van der Waals surface area contributed by atoms with Gasteiger partial charge in [-0.2, -0.15) is 0 Å². The Balaban J connectivity index is 3.67. The van der Waals surface area contributed by atoms with E-state index in [0.717, 1.165) is 77.0 Å². The molecule has 0 spiro atoms. The van der Waals surface area contributed by atoms with Crippen molar-refractivity contribution in [2.45, 2.75) is 180 Å². The highest BCUT2D eigenvalue weighted by Crippen LogP contribution is 2.42. The van der Waals surface area contributed by atoms with Crippen molar-refractivity contribution in [2.75, 3.05) is 26.4 Å². The summed E-state index contributed by atoms with van der Waals surface area (Å²) in [6.07, 6.45) is 47.2. The van der Waals surface area contributed by atoms with Gasteiger partial charge in [-0.05, 0) is 57.8 Å². The molecule has 0 aromatic rings. The first-order chi connectivity index (χ1) is 26.3. The lowest BCUT2D eigenvalue weighted by Crippen LogP contribution is -2.27. The predicted molar refractivity (Wildman–Crippen MR) is 224 cm³/mol. The number of carbonyl (C=O) groups excluding carboxylic acids is 2. The molecule has 0 aromatic carbocycles. The highest BCUT2D eigenvalue weighted by atomic mass is 31.2. The molecule has 1 amide bonds. The Bertz CT molecular complexity index is 1070. The van der Waals surface area contributed by atoms with Crippen molar-refractivity contribution in [3.63, 3.8) is 0 Å². The number of ether oxygens (including phenoxy) is 1. The third-order valence-electron chi connectivity index (χ3n) is 8.71. The van der Waals surface area contributed by atoms with Gasteiger partial charge in [-0.1, -0.05) is 164 Å². The van der Waals surface area contributed by atoms with E-state index in [9.17, 15) is 24.2 Å². The van der Waals surface area contributed by atoms with E-state index in [2.05, 4.69) is 79.9 Å². The Kier molecular flexibility index (Phi) is 38.7. The highest BCUT2D eigenvalue weighted by Gasteiger charge is 2.23. The van der Waals surface area contributed by atoms with Gasteiger partial charge in [-0.25, -0.2) is 4.57 Å². The van der Waals surface area contributed by atoms with Gasteiger partial charge in [-0.3, -0.25) is 18.6 Å². The third-order valence-corrected chi connectivity index (χ3v) is 9.70. The summed E-state index contributed by atoms with van der Waals surface area (Å²) in [6, 6.07) is 0. The van der Waals surface area contributed by atoms with Crippen molar-refractivity contribution < 1.29 is 37.9 Å². The summed E-state index contributed by atoms with van der Waals surface area (Å²) >= 11 is 0. The first-order valence-electron chi connectivity index (χ1n) is 21.3. The van der Waals surface area contributed by atoms with E-state index in [0.29, 0.717) is 6.42 Å². The summed E-state index contributed by atoms with van der Waals surface area (Å²) in [5.74, 6) is -0.550. The van der Waals surface area contributed by atoms with Crippen molar-refractivity contribution in [1.82, 2.24) is 5.32 Å². The quantitative estimate of drug-likeness (QED) is 0.0243. The number of phosphoric ester groups is 1. The lowest BCUT2D eigenvalue weighted by Gasteiger charge is -2.15. The molecule has 0 aromatic heterocycles. The van der Waals surface area contributed by atoms with Gasteiger partial charge in [0.05, 0.1) is 13.2 Å². The molecular weight excluding hydrogens is 701 g/mol. The maximum atomic E-state index is 12.1. The molecule has 0 bridgehead atoms. The summed E-state index contributed by atoms with van der Waals surface area (Å²) in [5.41, 5.74) is 0. The van der Waals surface area contributed by atoms with E-state index in [1.54, 1.807) is 0 Å². The fourth-order valence-corrected chi connectivity index (χ4v) is 6.28. The Morgan fingerprint density at radius 3 is 1.59 bits per heavy atom. The summed E-state index contributed by atoms with van der Waals surface area (Å²) in [5, 5.41) is 12.7. The monoisotopic (exact) mass is 780 g/mol. The predicted octanol–water partition coefficient (Wildman–Crippen LogP) is 11.7. The third kappa shape index (κ3) is 40.9. The minimum atomic E-state index is -4.43. The average Bonchev–Trinajstić information content (AvgIpc) is 3.16. The van der Waals surface area contributed by atoms with Gasteiger partial charge in [0.1, 0.15) is 12.7 Å². The molecule has 9 nitrogen and oxygen atoms in total. The second kappa shape index (κ2) is 40.4. The summed E-state index contributed by atoms with van der Waals surface area (Å²) in [4.78, 5) is 33.9. The molecule has 0 saturated carbocycles. The van der Waals surface area contributed by atoms with Crippen LogP contribution in [0, 0.1) is 0 Å². The Morgan fingerprint density at radius 2 is 1.06 bits per heavy atom. The molecule has 10 heteroatoms. The summed E-state index contributed by atoms with van der Waals surface area (Å²) in [6.45, 7) is 3.39. The smallest absolute Gasteiger partial charge is 0.463 e. The van der Waals surface area contributed by atoms with Crippen LogP contribution in [0.25, 0.3) is 0 Å². The second-order valence-electron chi connectivity index (χ2n) is 13.9. The van der Waals surface area contributed by atoms with Crippen molar-refractivity contribution in [3.8, 4) is 0 Å². The van der Waals surface area contributed by atoms with Crippen LogP contribution in [0.5, 0.6) is 0 Å². The minimum absolute atomic E-state index is 0.0617. The number of hydrogen-bond donors (Lipinski definition) is 3. The zero-order chi connectivity index (χ0) is 39.6. The largest absolute Gasteiger partial charge is 0.472 e. The molecule has 0 heterocycles. The number of carbonyl (C=O) groups is 2. The molecule has 0 fully saturated rings. The molecule has 2 unspecified atom stereocenters. The maximum Gasteiger partial charge on any atom is 0.472 e. The van der Waals surface area contributed by atoms with Crippen LogP contribution < -0.4 is 5.32 Å². The van der Waals surface area contributed by atoms with E-state index >= 15 is 0 Å².